The fraction of sp³-hybridized carbons (Fsp3) is 0.238. The van der Waals surface area contributed by atoms with Crippen LogP contribution in [0.15, 0.2) is 69.8 Å². The van der Waals surface area contributed by atoms with Crippen LogP contribution < -0.4 is 5.32 Å². The highest BCUT2D eigenvalue weighted by Gasteiger charge is 2.18. The number of aromatic nitrogens is 1. The molecule has 0 aliphatic rings. The van der Waals surface area contributed by atoms with Gasteiger partial charge < -0.3 is 10.1 Å². The van der Waals surface area contributed by atoms with Gasteiger partial charge in [0.25, 0.3) is 0 Å². The number of hydrogen-bond donors (Lipinski definition) is 1. The van der Waals surface area contributed by atoms with E-state index in [9.17, 15) is 4.79 Å². The van der Waals surface area contributed by atoms with Crippen LogP contribution in [0.1, 0.15) is 25.8 Å². The van der Waals surface area contributed by atoms with E-state index in [2.05, 4.69) is 29.6 Å². The molecule has 0 spiro atoms. The van der Waals surface area contributed by atoms with E-state index in [1.54, 1.807) is 23.1 Å². The lowest BCUT2D eigenvalue weighted by molar-refractivity contribution is 0.0523. The van der Waals surface area contributed by atoms with Crippen LogP contribution in [0.2, 0.25) is 0 Å². The first-order chi connectivity index (χ1) is 12.9. The summed E-state index contributed by atoms with van der Waals surface area (Å²) >= 11 is 3.28. The third-order valence-electron chi connectivity index (χ3n) is 3.42. The maximum atomic E-state index is 11.9. The second kappa shape index (κ2) is 8.59. The number of carbonyl (C=O) groups is 1. The van der Waals surface area contributed by atoms with Crippen LogP contribution in [0, 0.1) is 0 Å². The number of thiazole rings is 1. The average molecular weight is 399 g/mol. The number of nitrogens with zero attached hydrogens (tertiary/aromatic N) is 1. The zero-order valence-corrected chi connectivity index (χ0v) is 17.2. The van der Waals surface area contributed by atoms with Crippen molar-refractivity contribution in [3.05, 3.63) is 65.7 Å². The Morgan fingerprint density at radius 1 is 1.07 bits per heavy atom. The first-order valence-corrected chi connectivity index (χ1v) is 10.3. The van der Waals surface area contributed by atoms with Crippen LogP contribution in [0.3, 0.4) is 0 Å². The van der Waals surface area contributed by atoms with E-state index in [0.717, 1.165) is 25.4 Å². The van der Waals surface area contributed by atoms with Gasteiger partial charge >= 0.3 is 6.09 Å². The van der Waals surface area contributed by atoms with Gasteiger partial charge in [0.1, 0.15) is 10.6 Å². The van der Waals surface area contributed by atoms with Crippen molar-refractivity contribution in [2.24, 2.45) is 0 Å². The minimum atomic E-state index is -0.517. The van der Waals surface area contributed by atoms with Crippen molar-refractivity contribution in [2.45, 2.75) is 42.0 Å². The van der Waals surface area contributed by atoms with Gasteiger partial charge in [0.15, 0.2) is 0 Å². The van der Waals surface area contributed by atoms with Crippen LogP contribution >= 0.6 is 23.1 Å². The molecule has 4 nitrogen and oxygen atoms in total. The lowest BCUT2D eigenvalue weighted by Crippen LogP contribution is -2.32. The molecule has 1 N–H and O–H groups in total. The predicted octanol–water partition coefficient (Wildman–Crippen LogP) is 5.99. The topological polar surface area (TPSA) is 51.2 Å². The fourth-order valence-corrected chi connectivity index (χ4v) is 4.60. The first kappa shape index (κ1) is 19.5. The van der Waals surface area contributed by atoms with Gasteiger partial charge in [-0.1, -0.05) is 60.3 Å². The van der Waals surface area contributed by atoms with E-state index in [1.807, 2.05) is 57.2 Å². The van der Waals surface area contributed by atoms with E-state index < -0.39 is 11.7 Å². The van der Waals surface area contributed by atoms with Crippen molar-refractivity contribution in [2.75, 3.05) is 0 Å². The summed E-state index contributed by atoms with van der Waals surface area (Å²) in [6.07, 6.45) is -0.434. The lowest BCUT2D eigenvalue weighted by atomic mass is 10.2. The molecular formula is C21H22N2O2S2. The molecular weight excluding hydrogens is 376 g/mol. The number of benzene rings is 2. The maximum absolute atomic E-state index is 11.9. The standard InChI is InChI=1S/C21H22N2O2S2/c1-21(2,3)25-20(24)22-14-17-23-18(15-10-6-4-7-11-15)19(27-17)26-16-12-8-5-9-13-16/h4-13H,14H2,1-3H3,(H,22,24). The van der Waals surface area contributed by atoms with Crippen molar-refractivity contribution in [3.63, 3.8) is 0 Å². The Balaban J connectivity index is 1.80. The lowest BCUT2D eigenvalue weighted by Gasteiger charge is -2.19. The summed E-state index contributed by atoms with van der Waals surface area (Å²) in [6, 6.07) is 20.3. The van der Waals surface area contributed by atoms with Gasteiger partial charge in [-0.15, -0.1) is 11.3 Å². The van der Waals surface area contributed by atoms with Crippen LogP contribution in [0.25, 0.3) is 11.3 Å². The van der Waals surface area contributed by atoms with E-state index in [4.69, 9.17) is 9.72 Å². The third-order valence-corrected chi connectivity index (χ3v) is 5.66. The van der Waals surface area contributed by atoms with E-state index in [0.29, 0.717) is 6.54 Å². The van der Waals surface area contributed by atoms with Crippen molar-refractivity contribution >= 4 is 29.2 Å². The normalized spacial score (nSPS) is 11.2. The molecule has 3 aromatic rings. The highest BCUT2D eigenvalue weighted by atomic mass is 32.2. The van der Waals surface area contributed by atoms with Crippen molar-refractivity contribution < 1.29 is 9.53 Å². The summed E-state index contributed by atoms with van der Waals surface area (Å²) in [5.74, 6) is 0. The van der Waals surface area contributed by atoms with Crippen LogP contribution in [-0.2, 0) is 11.3 Å². The number of hydrogen-bond acceptors (Lipinski definition) is 5. The molecule has 0 aliphatic heterocycles. The zero-order valence-electron chi connectivity index (χ0n) is 15.6. The Kier molecular flexibility index (Phi) is 6.19. The third kappa shape index (κ3) is 5.84. The Bertz CT molecular complexity index is 888. The SMILES string of the molecule is CC(C)(C)OC(=O)NCc1nc(-c2ccccc2)c(Sc2ccccc2)s1. The summed E-state index contributed by atoms with van der Waals surface area (Å²) in [5, 5.41) is 3.63. The van der Waals surface area contributed by atoms with E-state index in [1.165, 1.54) is 0 Å². The number of amides is 1. The van der Waals surface area contributed by atoms with Gasteiger partial charge in [-0.3, -0.25) is 0 Å². The molecule has 2 aromatic carbocycles. The molecule has 27 heavy (non-hydrogen) atoms. The molecule has 0 bridgehead atoms. The molecule has 3 rings (SSSR count). The Hall–Kier alpha value is -2.31. The average Bonchev–Trinajstić information content (AvgIpc) is 3.03. The summed E-state index contributed by atoms with van der Waals surface area (Å²) < 4.78 is 6.40. The molecule has 0 saturated heterocycles. The van der Waals surface area contributed by atoms with Gasteiger partial charge in [0, 0.05) is 10.5 Å². The molecule has 140 valence electrons. The van der Waals surface area contributed by atoms with E-state index in [-0.39, 0.29) is 0 Å². The van der Waals surface area contributed by atoms with E-state index >= 15 is 0 Å². The Labute approximate surface area is 168 Å². The molecule has 0 aliphatic carbocycles. The highest BCUT2D eigenvalue weighted by molar-refractivity contribution is 8.01. The molecule has 1 heterocycles. The molecule has 0 radical (unpaired) electrons. The van der Waals surface area contributed by atoms with Gasteiger partial charge in [-0.2, -0.15) is 0 Å². The molecule has 0 atom stereocenters. The Morgan fingerprint density at radius 3 is 2.33 bits per heavy atom. The van der Waals surface area contributed by atoms with Crippen molar-refractivity contribution in [3.8, 4) is 11.3 Å². The van der Waals surface area contributed by atoms with Gasteiger partial charge in [-0.05, 0) is 32.9 Å². The molecule has 0 fully saturated rings. The summed E-state index contributed by atoms with van der Waals surface area (Å²) in [6.45, 7) is 5.88. The largest absolute Gasteiger partial charge is 0.444 e. The zero-order chi connectivity index (χ0) is 19.3. The summed E-state index contributed by atoms with van der Waals surface area (Å²) in [4.78, 5) is 17.9. The van der Waals surface area contributed by atoms with Gasteiger partial charge in [0.05, 0.1) is 16.4 Å². The minimum absolute atomic E-state index is 0.342. The first-order valence-electron chi connectivity index (χ1n) is 8.65. The number of rotatable bonds is 5. The van der Waals surface area contributed by atoms with Crippen LogP contribution in [-0.4, -0.2) is 16.7 Å². The monoisotopic (exact) mass is 398 g/mol. The quantitative estimate of drug-likeness (QED) is 0.574. The minimum Gasteiger partial charge on any atom is -0.444 e. The van der Waals surface area contributed by atoms with Gasteiger partial charge in [0.2, 0.25) is 0 Å². The van der Waals surface area contributed by atoms with Gasteiger partial charge in [-0.25, -0.2) is 9.78 Å². The maximum Gasteiger partial charge on any atom is 0.408 e. The fourth-order valence-electron chi connectivity index (χ4n) is 2.33. The molecule has 0 unspecified atom stereocenters. The van der Waals surface area contributed by atoms with Crippen molar-refractivity contribution in [1.29, 1.82) is 0 Å². The Morgan fingerprint density at radius 2 is 1.70 bits per heavy atom. The van der Waals surface area contributed by atoms with Crippen molar-refractivity contribution in [1.82, 2.24) is 10.3 Å². The second-order valence-electron chi connectivity index (χ2n) is 6.88. The summed E-state index contributed by atoms with van der Waals surface area (Å²) in [5.41, 5.74) is 1.49. The van der Waals surface area contributed by atoms with Crippen LogP contribution in [0.4, 0.5) is 4.79 Å². The molecule has 0 saturated carbocycles. The summed E-state index contributed by atoms with van der Waals surface area (Å²) in [7, 11) is 0. The molecule has 1 aromatic heterocycles. The van der Waals surface area contributed by atoms with Crippen LogP contribution in [0.5, 0.6) is 0 Å². The number of carbonyl (C=O) groups excluding carboxylic acids is 1. The molecule has 1 amide bonds. The second-order valence-corrected chi connectivity index (χ2v) is 9.31. The number of nitrogens with one attached hydrogen (secondary N) is 1. The smallest absolute Gasteiger partial charge is 0.408 e. The highest BCUT2D eigenvalue weighted by Crippen LogP contribution is 2.40. The molecule has 6 heteroatoms. The number of alkyl carbamates (subject to hydrolysis) is 1. The predicted molar refractivity (Wildman–Crippen MR) is 111 cm³/mol. The number of ether oxygens (including phenoxy) is 1.